The first-order valence-electron chi connectivity index (χ1n) is 4.66. The highest BCUT2D eigenvalue weighted by molar-refractivity contribution is 5.81. The van der Waals surface area contributed by atoms with E-state index >= 15 is 0 Å². The Labute approximate surface area is 75.7 Å². The zero-order valence-electron chi connectivity index (χ0n) is 7.52. The number of carbonyl (C=O) groups excluding carboxylic acids is 1. The van der Waals surface area contributed by atoms with Gasteiger partial charge in [0.2, 0.25) is 5.91 Å². The van der Waals surface area contributed by atoms with Gasteiger partial charge >= 0.3 is 0 Å². The lowest BCUT2D eigenvalue weighted by Gasteiger charge is -2.35. The Hall–Kier alpha value is -0.670. The van der Waals surface area contributed by atoms with E-state index in [2.05, 4.69) is 5.32 Å². The summed E-state index contributed by atoms with van der Waals surface area (Å²) in [5.41, 5.74) is 0. The highest BCUT2D eigenvalue weighted by atomic mass is 19.3. The van der Waals surface area contributed by atoms with Gasteiger partial charge in [-0.2, -0.15) is 0 Å². The van der Waals surface area contributed by atoms with Gasteiger partial charge in [0.25, 0.3) is 5.92 Å². The van der Waals surface area contributed by atoms with E-state index < -0.39 is 5.92 Å². The van der Waals surface area contributed by atoms with Crippen molar-refractivity contribution in [1.82, 2.24) is 5.32 Å². The number of amides is 1. The van der Waals surface area contributed by atoms with Gasteiger partial charge in [-0.05, 0) is 12.3 Å². The van der Waals surface area contributed by atoms with Crippen molar-refractivity contribution in [2.75, 3.05) is 0 Å². The Bertz CT molecular complexity index is 234. The van der Waals surface area contributed by atoms with Crippen LogP contribution in [0.5, 0.6) is 0 Å². The topological polar surface area (TPSA) is 29.1 Å². The SMILES string of the molecule is C[C@H]1C[C@@H]1C(=O)NC1CC(F)(F)C1. The van der Waals surface area contributed by atoms with E-state index in [-0.39, 0.29) is 30.7 Å². The normalized spacial score (nSPS) is 36.5. The molecule has 1 N–H and O–H groups in total. The molecule has 0 saturated heterocycles. The Kier molecular flexibility index (Phi) is 1.82. The molecule has 0 unspecified atom stereocenters. The number of nitrogens with one attached hydrogen (secondary N) is 1. The van der Waals surface area contributed by atoms with Crippen LogP contribution in [0.1, 0.15) is 26.2 Å². The van der Waals surface area contributed by atoms with E-state index in [1.54, 1.807) is 0 Å². The van der Waals surface area contributed by atoms with Gasteiger partial charge < -0.3 is 5.32 Å². The van der Waals surface area contributed by atoms with Crippen molar-refractivity contribution in [2.45, 2.75) is 38.2 Å². The summed E-state index contributed by atoms with van der Waals surface area (Å²) in [7, 11) is 0. The molecule has 0 spiro atoms. The fourth-order valence-electron chi connectivity index (χ4n) is 1.76. The fourth-order valence-corrected chi connectivity index (χ4v) is 1.76. The number of rotatable bonds is 2. The van der Waals surface area contributed by atoms with Crippen molar-refractivity contribution in [2.24, 2.45) is 11.8 Å². The van der Waals surface area contributed by atoms with Crippen molar-refractivity contribution in [3.63, 3.8) is 0 Å². The molecule has 0 aliphatic heterocycles. The van der Waals surface area contributed by atoms with E-state index in [0.29, 0.717) is 5.92 Å². The Morgan fingerprint density at radius 2 is 2.00 bits per heavy atom. The molecular weight excluding hydrogens is 176 g/mol. The average molecular weight is 189 g/mol. The van der Waals surface area contributed by atoms with Gasteiger partial charge in [-0.25, -0.2) is 8.78 Å². The first-order chi connectivity index (χ1) is 5.98. The minimum atomic E-state index is -2.53. The van der Waals surface area contributed by atoms with Gasteiger partial charge in [0.05, 0.1) is 0 Å². The molecule has 0 aromatic rings. The van der Waals surface area contributed by atoms with Crippen LogP contribution in [0.4, 0.5) is 8.78 Å². The number of hydrogen-bond donors (Lipinski definition) is 1. The lowest BCUT2D eigenvalue weighted by atomic mass is 9.88. The minimum Gasteiger partial charge on any atom is -0.353 e. The van der Waals surface area contributed by atoms with Crippen LogP contribution in [0.15, 0.2) is 0 Å². The zero-order valence-corrected chi connectivity index (χ0v) is 7.52. The molecule has 2 rings (SSSR count). The summed E-state index contributed by atoms with van der Waals surface area (Å²) in [6, 6.07) is -0.282. The quantitative estimate of drug-likeness (QED) is 0.701. The second kappa shape index (κ2) is 2.66. The number of halogens is 2. The van der Waals surface area contributed by atoms with Crippen LogP contribution in [0.2, 0.25) is 0 Å². The molecule has 0 aromatic carbocycles. The summed E-state index contributed by atoms with van der Waals surface area (Å²) in [5.74, 6) is -2.03. The second-order valence-corrected chi connectivity index (χ2v) is 4.29. The van der Waals surface area contributed by atoms with Crippen LogP contribution in [0, 0.1) is 11.8 Å². The van der Waals surface area contributed by atoms with Gasteiger partial charge in [-0.1, -0.05) is 6.92 Å². The molecule has 0 bridgehead atoms. The first-order valence-corrected chi connectivity index (χ1v) is 4.66. The van der Waals surface area contributed by atoms with Crippen molar-refractivity contribution in [3.8, 4) is 0 Å². The maximum absolute atomic E-state index is 12.4. The molecule has 2 fully saturated rings. The number of alkyl halides is 2. The maximum Gasteiger partial charge on any atom is 0.252 e. The van der Waals surface area contributed by atoms with E-state index in [4.69, 9.17) is 0 Å². The third-order valence-electron chi connectivity index (χ3n) is 2.88. The third-order valence-corrected chi connectivity index (χ3v) is 2.88. The van der Waals surface area contributed by atoms with E-state index in [9.17, 15) is 13.6 Å². The highest BCUT2D eigenvalue weighted by Gasteiger charge is 2.48. The molecule has 4 heteroatoms. The zero-order chi connectivity index (χ0) is 9.64. The molecule has 0 aromatic heterocycles. The van der Waals surface area contributed by atoms with Crippen molar-refractivity contribution in [1.29, 1.82) is 0 Å². The number of carbonyl (C=O) groups is 1. The maximum atomic E-state index is 12.4. The highest BCUT2D eigenvalue weighted by Crippen LogP contribution is 2.40. The molecule has 2 saturated carbocycles. The largest absolute Gasteiger partial charge is 0.353 e. The molecule has 0 heterocycles. The summed E-state index contributed by atoms with van der Waals surface area (Å²) in [6.07, 6.45) is 0.550. The summed E-state index contributed by atoms with van der Waals surface area (Å²) in [5, 5.41) is 2.65. The van der Waals surface area contributed by atoms with Crippen LogP contribution < -0.4 is 5.32 Å². The molecule has 2 nitrogen and oxygen atoms in total. The van der Waals surface area contributed by atoms with Gasteiger partial charge in [0.1, 0.15) is 0 Å². The molecule has 1 amide bonds. The lowest BCUT2D eigenvalue weighted by Crippen LogP contribution is -2.51. The first kappa shape index (κ1) is 8.91. The summed E-state index contributed by atoms with van der Waals surface area (Å²) in [4.78, 5) is 11.3. The molecular formula is C9H13F2NO. The molecule has 2 aliphatic carbocycles. The Morgan fingerprint density at radius 3 is 2.38 bits per heavy atom. The average Bonchev–Trinajstić information content (AvgIpc) is 2.62. The van der Waals surface area contributed by atoms with Gasteiger partial charge in [0.15, 0.2) is 0 Å². The Morgan fingerprint density at radius 1 is 1.46 bits per heavy atom. The van der Waals surface area contributed by atoms with E-state index in [0.717, 1.165) is 6.42 Å². The smallest absolute Gasteiger partial charge is 0.252 e. The Balaban J connectivity index is 1.72. The van der Waals surface area contributed by atoms with Crippen LogP contribution >= 0.6 is 0 Å². The van der Waals surface area contributed by atoms with Crippen molar-refractivity contribution < 1.29 is 13.6 Å². The predicted octanol–water partition coefficient (Wildman–Crippen LogP) is 1.56. The fraction of sp³-hybridized carbons (Fsp3) is 0.889. The van der Waals surface area contributed by atoms with E-state index in [1.807, 2.05) is 6.92 Å². The van der Waals surface area contributed by atoms with Crippen LogP contribution in [0.25, 0.3) is 0 Å². The second-order valence-electron chi connectivity index (χ2n) is 4.29. The van der Waals surface area contributed by atoms with Crippen LogP contribution in [-0.2, 0) is 4.79 Å². The number of hydrogen-bond acceptors (Lipinski definition) is 1. The third kappa shape index (κ3) is 1.81. The lowest BCUT2D eigenvalue weighted by molar-refractivity contribution is -0.130. The summed E-state index contributed by atoms with van der Waals surface area (Å²) < 4.78 is 24.8. The standard InChI is InChI=1S/C9H13F2NO/c1-5-2-7(5)8(13)12-6-3-9(10,11)4-6/h5-7H,2-4H2,1H3,(H,12,13)/t5-,7-/m0/s1. The van der Waals surface area contributed by atoms with Crippen LogP contribution in [-0.4, -0.2) is 17.9 Å². The summed E-state index contributed by atoms with van der Waals surface area (Å²) in [6.45, 7) is 2.00. The van der Waals surface area contributed by atoms with E-state index in [1.165, 1.54) is 0 Å². The molecule has 0 radical (unpaired) electrons. The predicted molar refractivity (Wildman–Crippen MR) is 43.4 cm³/mol. The van der Waals surface area contributed by atoms with Gasteiger partial charge in [-0.3, -0.25) is 4.79 Å². The molecule has 74 valence electrons. The van der Waals surface area contributed by atoms with Gasteiger partial charge in [-0.15, -0.1) is 0 Å². The molecule has 13 heavy (non-hydrogen) atoms. The molecule has 2 atom stereocenters. The van der Waals surface area contributed by atoms with Gasteiger partial charge in [0, 0.05) is 24.8 Å². The van der Waals surface area contributed by atoms with Crippen molar-refractivity contribution in [3.05, 3.63) is 0 Å². The monoisotopic (exact) mass is 189 g/mol. The summed E-state index contributed by atoms with van der Waals surface area (Å²) >= 11 is 0. The minimum absolute atomic E-state index is 0.0343. The van der Waals surface area contributed by atoms with Crippen LogP contribution in [0.3, 0.4) is 0 Å². The molecule has 2 aliphatic rings. The van der Waals surface area contributed by atoms with Crippen molar-refractivity contribution >= 4 is 5.91 Å².